The molecule has 0 saturated heterocycles. The third-order valence-corrected chi connectivity index (χ3v) is 5.91. The minimum absolute atomic E-state index is 0.0747. The molecule has 3 aromatic carbocycles. The Morgan fingerprint density at radius 1 is 0.931 bits per heavy atom. The van der Waals surface area contributed by atoms with Crippen molar-refractivity contribution in [3.05, 3.63) is 94.8 Å². The van der Waals surface area contributed by atoms with Crippen LogP contribution in [-0.4, -0.2) is 8.42 Å². The van der Waals surface area contributed by atoms with E-state index >= 15 is 0 Å². The Balaban J connectivity index is 1.64. The van der Waals surface area contributed by atoms with Crippen molar-refractivity contribution in [2.24, 2.45) is 0 Å². The third-order valence-electron chi connectivity index (χ3n) is 4.65. The van der Waals surface area contributed by atoms with Gasteiger partial charge in [-0.05, 0) is 53.9 Å². The molecule has 0 atom stereocenters. The zero-order valence-electron chi connectivity index (χ0n) is 15.7. The maximum atomic E-state index is 12.8. The van der Waals surface area contributed by atoms with Gasteiger partial charge in [0.25, 0.3) is 0 Å². The maximum absolute atomic E-state index is 12.8. The number of hydrogen-bond acceptors (Lipinski definition) is 5. The van der Waals surface area contributed by atoms with Crippen LogP contribution in [0.3, 0.4) is 0 Å². The van der Waals surface area contributed by atoms with Crippen LogP contribution in [-0.2, 0) is 16.5 Å². The Morgan fingerprint density at radius 3 is 2.34 bits per heavy atom. The second-order valence-electron chi connectivity index (χ2n) is 6.54. The maximum Gasteiger partial charge on any atom is 0.339 e. The summed E-state index contributed by atoms with van der Waals surface area (Å²) in [6.07, 6.45) is 2.29. The summed E-state index contributed by atoms with van der Waals surface area (Å²) in [4.78, 5) is 12.9. The fourth-order valence-corrected chi connectivity index (χ4v) is 4.00. The molecule has 0 aliphatic heterocycles. The number of aryl methyl sites for hydroxylation is 1. The van der Waals surface area contributed by atoms with E-state index in [-0.39, 0.29) is 16.1 Å². The van der Waals surface area contributed by atoms with E-state index in [1.807, 2.05) is 19.1 Å². The molecule has 0 N–H and O–H groups in total. The van der Waals surface area contributed by atoms with Crippen LogP contribution in [0, 0.1) is 0 Å². The summed E-state index contributed by atoms with van der Waals surface area (Å²) in [5.41, 5.74) is 2.52. The summed E-state index contributed by atoms with van der Waals surface area (Å²) in [6, 6.07) is 19.8. The second-order valence-corrected chi connectivity index (χ2v) is 8.08. The molecule has 1 heterocycles. The Bertz CT molecular complexity index is 1320. The summed E-state index contributed by atoms with van der Waals surface area (Å²) in [5, 5.41) is 0.506. The van der Waals surface area contributed by atoms with Crippen molar-refractivity contribution in [1.82, 2.24) is 0 Å². The predicted molar refractivity (Wildman–Crippen MR) is 112 cm³/mol. The smallest absolute Gasteiger partial charge is 0.339 e. The average Bonchev–Trinajstić information content (AvgIpc) is 2.75. The van der Waals surface area contributed by atoms with Gasteiger partial charge in [0.05, 0.1) is 10.9 Å². The van der Waals surface area contributed by atoms with Gasteiger partial charge in [-0.25, -0.2) is 0 Å². The fourth-order valence-electron chi connectivity index (χ4n) is 3.04. The minimum atomic E-state index is -3.91. The van der Waals surface area contributed by atoms with Crippen molar-refractivity contribution in [1.29, 1.82) is 0 Å². The SMILES string of the molecule is CCc1ccc2c(=O)c(-c3ccc(OS(=O)(=O)c4ccccc4)cc3)coc2c1. The first-order valence-corrected chi connectivity index (χ1v) is 10.5. The van der Waals surface area contributed by atoms with Gasteiger partial charge in [0.15, 0.2) is 5.43 Å². The largest absolute Gasteiger partial charge is 0.463 e. The lowest BCUT2D eigenvalue weighted by molar-refractivity contribution is 0.486. The molecule has 4 aromatic rings. The summed E-state index contributed by atoms with van der Waals surface area (Å²) in [7, 11) is -3.91. The highest BCUT2D eigenvalue weighted by Crippen LogP contribution is 2.25. The summed E-state index contributed by atoms with van der Waals surface area (Å²) >= 11 is 0. The van der Waals surface area contributed by atoms with Gasteiger partial charge in [0, 0.05) is 0 Å². The van der Waals surface area contributed by atoms with Gasteiger partial charge in [-0.3, -0.25) is 4.79 Å². The monoisotopic (exact) mass is 406 g/mol. The van der Waals surface area contributed by atoms with Crippen molar-refractivity contribution in [2.45, 2.75) is 18.2 Å². The first kappa shape index (κ1) is 19.0. The molecular weight excluding hydrogens is 388 g/mol. The van der Waals surface area contributed by atoms with E-state index in [0.29, 0.717) is 22.1 Å². The Kier molecular flexibility index (Phi) is 4.94. The van der Waals surface area contributed by atoms with Gasteiger partial charge in [0.1, 0.15) is 22.5 Å². The molecule has 0 amide bonds. The average molecular weight is 406 g/mol. The molecule has 0 saturated carbocycles. The number of hydrogen-bond donors (Lipinski definition) is 0. The summed E-state index contributed by atoms with van der Waals surface area (Å²) < 4.78 is 35.5. The highest BCUT2D eigenvalue weighted by atomic mass is 32.2. The van der Waals surface area contributed by atoms with Gasteiger partial charge < -0.3 is 8.60 Å². The van der Waals surface area contributed by atoms with Gasteiger partial charge in [-0.1, -0.05) is 43.3 Å². The standard InChI is InChI=1S/C23H18O5S/c1-2-16-8-13-20-22(14-16)27-15-21(23(20)24)17-9-11-18(12-10-17)28-29(25,26)19-6-4-3-5-7-19/h3-15H,2H2,1H3. The highest BCUT2D eigenvalue weighted by Gasteiger charge is 2.16. The first-order valence-electron chi connectivity index (χ1n) is 9.12. The van der Waals surface area contributed by atoms with E-state index in [2.05, 4.69) is 0 Å². The Morgan fingerprint density at radius 2 is 1.66 bits per heavy atom. The molecule has 4 rings (SSSR count). The topological polar surface area (TPSA) is 73.6 Å². The van der Waals surface area contributed by atoms with E-state index < -0.39 is 10.1 Å². The van der Waals surface area contributed by atoms with Crippen LogP contribution in [0.5, 0.6) is 5.75 Å². The fraction of sp³-hybridized carbons (Fsp3) is 0.0870. The predicted octanol–water partition coefficient (Wildman–Crippen LogP) is 4.79. The molecule has 146 valence electrons. The second kappa shape index (κ2) is 7.56. The molecule has 0 bridgehead atoms. The summed E-state index contributed by atoms with van der Waals surface area (Å²) in [6.45, 7) is 2.04. The highest BCUT2D eigenvalue weighted by molar-refractivity contribution is 7.87. The molecule has 0 aliphatic rings. The van der Waals surface area contributed by atoms with Crippen LogP contribution in [0.15, 0.2) is 93.2 Å². The van der Waals surface area contributed by atoms with Crippen molar-refractivity contribution < 1.29 is 17.0 Å². The molecule has 0 radical (unpaired) electrons. The zero-order valence-corrected chi connectivity index (χ0v) is 16.5. The Hall–Kier alpha value is -3.38. The third kappa shape index (κ3) is 3.79. The van der Waals surface area contributed by atoms with Gasteiger partial charge in [-0.2, -0.15) is 8.42 Å². The lowest BCUT2D eigenvalue weighted by atomic mass is 10.0. The number of benzene rings is 3. The van der Waals surface area contributed by atoms with Crippen LogP contribution < -0.4 is 9.61 Å². The zero-order chi connectivity index (χ0) is 20.4. The van der Waals surface area contributed by atoms with Crippen LogP contribution >= 0.6 is 0 Å². The van der Waals surface area contributed by atoms with E-state index in [9.17, 15) is 13.2 Å². The molecule has 29 heavy (non-hydrogen) atoms. The summed E-state index contributed by atoms with van der Waals surface area (Å²) in [5.74, 6) is 0.162. The molecule has 5 nitrogen and oxygen atoms in total. The molecular formula is C23H18O5S. The molecule has 0 unspecified atom stereocenters. The molecule has 0 spiro atoms. The minimum Gasteiger partial charge on any atom is -0.463 e. The Labute approximate surface area is 168 Å². The van der Waals surface area contributed by atoms with Crippen LogP contribution in [0.2, 0.25) is 0 Å². The van der Waals surface area contributed by atoms with E-state index in [1.165, 1.54) is 30.5 Å². The quantitative estimate of drug-likeness (QED) is 0.446. The van der Waals surface area contributed by atoms with E-state index in [0.717, 1.165) is 12.0 Å². The van der Waals surface area contributed by atoms with Crippen LogP contribution in [0.4, 0.5) is 0 Å². The van der Waals surface area contributed by atoms with Gasteiger partial charge in [0.2, 0.25) is 0 Å². The molecule has 0 fully saturated rings. The van der Waals surface area contributed by atoms with Crippen molar-refractivity contribution in [2.75, 3.05) is 0 Å². The van der Waals surface area contributed by atoms with E-state index in [1.54, 1.807) is 36.4 Å². The van der Waals surface area contributed by atoms with Crippen molar-refractivity contribution in [3.8, 4) is 16.9 Å². The molecule has 0 aliphatic carbocycles. The molecule has 1 aromatic heterocycles. The first-order chi connectivity index (χ1) is 14.0. The lowest BCUT2D eigenvalue weighted by Gasteiger charge is -2.08. The van der Waals surface area contributed by atoms with Gasteiger partial charge >= 0.3 is 10.1 Å². The normalized spacial score (nSPS) is 11.5. The van der Waals surface area contributed by atoms with E-state index in [4.69, 9.17) is 8.60 Å². The molecule has 6 heteroatoms. The lowest BCUT2D eigenvalue weighted by Crippen LogP contribution is -2.09. The number of rotatable bonds is 5. The van der Waals surface area contributed by atoms with Crippen molar-refractivity contribution >= 4 is 21.1 Å². The number of fused-ring (bicyclic) bond motifs is 1. The van der Waals surface area contributed by atoms with Crippen LogP contribution in [0.25, 0.3) is 22.1 Å². The van der Waals surface area contributed by atoms with Crippen molar-refractivity contribution in [3.63, 3.8) is 0 Å². The van der Waals surface area contributed by atoms with Crippen LogP contribution in [0.1, 0.15) is 12.5 Å². The van der Waals surface area contributed by atoms with Gasteiger partial charge in [-0.15, -0.1) is 0 Å².